The molecule has 9 heteroatoms. The molecule has 5 rings (SSSR count). The van der Waals surface area contributed by atoms with Crippen molar-refractivity contribution in [3.8, 4) is 0 Å². The highest BCUT2D eigenvalue weighted by molar-refractivity contribution is 9.10. The zero-order chi connectivity index (χ0) is 20.2. The fourth-order valence-corrected chi connectivity index (χ4v) is 6.35. The number of likely N-dealkylation sites (tertiary alicyclic amines) is 1. The third-order valence-corrected chi connectivity index (χ3v) is 8.02. The van der Waals surface area contributed by atoms with Crippen molar-refractivity contribution in [3.05, 3.63) is 64.1 Å². The SMILES string of the molecule is O=C(c1ccccc1Br)N1N=C2c3ccccc3S(=O)(=O)N2[C@@H]1N1CCCCC1. The smallest absolute Gasteiger partial charge is 0.267 e. The highest BCUT2D eigenvalue weighted by Gasteiger charge is 2.53. The van der Waals surface area contributed by atoms with E-state index in [0.717, 1.165) is 32.4 Å². The zero-order valence-electron chi connectivity index (χ0n) is 15.5. The van der Waals surface area contributed by atoms with Crippen LogP contribution in [0.5, 0.6) is 0 Å². The number of amides is 1. The average Bonchev–Trinajstić information content (AvgIpc) is 3.24. The Labute approximate surface area is 177 Å². The standard InChI is InChI=1S/C20H19BrN4O3S/c21-16-10-4-2-8-14(16)19(26)24-20(23-12-6-1-7-13-23)25-18(22-24)15-9-3-5-11-17(15)29(25,27)28/h2-5,8-11,20H,1,6-7,12-13H2/t20-/m1/s1. The van der Waals surface area contributed by atoms with Crippen LogP contribution in [0.1, 0.15) is 35.2 Å². The number of carbonyl (C=O) groups excluding carboxylic acids is 1. The molecule has 150 valence electrons. The van der Waals surface area contributed by atoms with Gasteiger partial charge in [-0.05, 0) is 53.0 Å². The molecule has 0 saturated carbocycles. The van der Waals surface area contributed by atoms with Crippen molar-refractivity contribution in [2.45, 2.75) is 30.4 Å². The fraction of sp³-hybridized carbons (Fsp3) is 0.300. The maximum atomic E-state index is 13.4. The highest BCUT2D eigenvalue weighted by Crippen LogP contribution is 2.39. The second kappa shape index (κ2) is 6.93. The van der Waals surface area contributed by atoms with Gasteiger partial charge < -0.3 is 0 Å². The first-order chi connectivity index (χ1) is 14.0. The molecular weight excluding hydrogens is 456 g/mol. The Bertz CT molecular complexity index is 1130. The molecule has 1 saturated heterocycles. The van der Waals surface area contributed by atoms with Crippen LogP contribution in [-0.2, 0) is 10.0 Å². The fourth-order valence-electron chi connectivity index (χ4n) is 4.16. The minimum absolute atomic E-state index is 0.244. The van der Waals surface area contributed by atoms with Crippen LogP contribution in [0.2, 0.25) is 0 Å². The van der Waals surface area contributed by atoms with Gasteiger partial charge in [-0.2, -0.15) is 5.01 Å². The molecule has 0 aromatic heterocycles. The Kier molecular flexibility index (Phi) is 4.49. The van der Waals surface area contributed by atoms with Crippen molar-refractivity contribution in [2.24, 2.45) is 5.10 Å². The van der Waals surface area contributed by atoms with Gasteiger partial charge in [0.1, 0.15) is 0 Å². The molecule has 29 heavy (non-hydrogen) atoms. The van der Waals surface area contributed by atoms with E-state index in [1.165, 1.54) is 9.31 Å². The van der Waals surface area contributed by atoms with Crippen molar-refractivity contribution in [1.29, 1.82) is 0 Å². The van der Waals surface area contributed by atoms with E-state index in [1.54, 1.807) is 42.5 Å². The maximum Gasteiger partial charge on any atom is 0.278 e. The topological polar surface area (TPSA) is 73.3 Å². The second-order valence-electron chi connectivity index (χ2n) is 7.29. The number of hydrogen-bond donors (Lipinski definition) is 0. The third kappa shape index (κ3) is 2.83. The predicted octanol–water partition coefficient (Wildman–Crippen LogP) is 3.04. The van der Waals surface area contributed by atoms with Gasteiger partial charge in [0.15, 0.2) is 12.1 Å². The van der Waals surface area contributed by atoms with Crippen LogP contribution in [0.4, 0.5) is 0 Å². The molecule has 3 aliphatic rings. The van der Waals surface area contributed by atoms with E-state index < -0.39 is 16.3 Å². The largest absolute Gasteiger partial charge is 0.278 e. The Balaban J connectivity index is 1.65. The molecule has 1 fully saturated rings. The van der Waals surface area contributed by atoms with E-state index >= 15 is 0 Å². The Hall–Kier alpha value is -2.23. The zero-order valence-corrected chi connectivity index (χ0v) is 17.9. The number of nitrogens with zero attached hydrogens (tertiary/aromatic N) is 4. The van der Waals surface area contributed by atoms with Crippen molar-refractivity contribution >= 4 is 37.7 Å². The summed E-state index contributed by atoms with van der Waals surface area (Å²) in [5.74, 6) is -0.0146. The van der Waals surface area contributed by atoms with E-state index in [-0.39, 0.29) is 10.8 Å². The molecule has 3 aliphatic heterocycles. The maximum absolute atomic E-state index is 13.4. The van der Waals surface area contributed by atoms with Gasteiger partial charge in [0.25, 0.3) is 15.9 Å². The Morgan fingerprint density at radius 3 is 2.45 bits per heavy atom. The quantitative estimate of drug-likeness (QED) is 0.670. The molecule has 2 aromatic carbocycles. The summed E-state index contributed by atoms with van der Waals surface area (Å²) >= 11 is 3.43. The first-order valence-electron chi connectivity index (χ1n) is 9.55. The molecular formula is C20H19BrN4O3S. The van der Waals surface area contributed by atoms with Crippen molar-refractivity contribution in [3.63, 3.8) is 0 Å². The van der Waals surface area contributed by atoms with Gasteiger partial charge in [0, 0.05) is 23.1 Å². The van der Waals surface area contributed by atoms with Crippen LogP contribution >= 0.6 is 15.9 Å². The minimum Gasteiger partial charge on any atom is -0.267 e. The number of amidine groups is 1. The third-order valence-electron chi connectivity index (χ3n) is 5.53. The first-order valence-corrected chi connectivity index (χ1v) is 11.8. The van der Waals surface area contributed by atoms with Gasteiger partial charge in [-0.3, -0.25) is 9.69 Å². The average molecular weight is 475 g/mol. The lowest BCUT2D eigenvalue weighted by Crippen LogP contribution is -2.57. The van der Waals surface area contributed by atoms with E-state index in [1.807, 2.05) is 11.0 Å². The van der Waals surface area contributed by atoms with Gasteiger partial charge in [0.05, 0.1) is 10.5 Å². The van der Waals surface area contributed by atoms with Crippen molar-refractivity contribution in [1.82, 2.24) is 14.2 Å². The molecule has 0 N–H and O–H groups in total. The molecule has 7 nitrogen and oxygen atoms in total. The molecule has 0 aliphatic carbocycles. The second-order valence-corrected chi connectivity index (χ2v) is 9.93. The monoisotopic (exact) mass is 474 g/mol. The Morgan fingerprint density at radius 2 is 1.69 bits per heavy atom. The number of carbonyl (C=O) groups is 1. The number of sulfonamides is 1. The van der Waals surface area contributed by atoms with Crippen LogP contribution in [0.25, 0.3) is 0 Å². The van der Waals surface area contributed by atoms with Crippen LogP contribution < -0.4 is 0 Å². The number of fused-ring (bicyclic) bond motifs is 3. The summed E-state index contributed by atoms with van der Waals surface area (Å²) in [5, 5.41) is 5.87. The molecule has 3 heterocycles. The summed E-state index contributed by atoms with van der Waals surface area (Å²) in [6.45, 7) is 1.44. The normalized spacial score (nSPS) is 22.9. The van der Waals surface area contributed by atoms with E-state index in [4.69, 9.17) is 0 Å². The number of hydrazone groups is 1. The van der Waals surface area contributed by atoms with Gasteiger partial charge in [-0.1, -0.05) is 30.7 Å². The lowest BCUT2D eigenvalue weighted by atomic mass is 10.1. The van der Waals surface area contributed by atoms with Gasteiger partial charge in [-0.15, -0.1) is 5.10 Å². The lowest BCUT2D eigenvalue weighted by molar-refractivity contribution is 0.00552. The predicted molar refractivity (Wildman–Crippen MR) is 112 cm³/mol. The van der Waals surface area contributed by atoms with Crippen molar-refractivity contribution in [2.75, 3.05) is 13.1 Å². The molecule has 0 bridgehead atoms. The summed E-state index contributed by atoms with van der Waals surface area (Å²) in [6.07, 6.45) is 2.23. The highest BCUT2D eigenvalue weighted by atomic mass is 79.9. The minimum atomic E-state index is -3.79. The number of hydrogen-bond acceptors (Lipinski definition) is 5. The van der Waals surface area contributed by atoms with E-state index in [9.17, 15) is 13.2 Å². The van der Waals surface area contributed by atoms with Crippen LogP contribution in [0, 0.1) is 0 Å². The molecule has 1 amide bonds. The molecule has 1 atom stereocenters. The lowest BCUT2D eigenvalue weighted by Gasteiger charge is -2.38. The summed E-state index contributed by atoms with van der Waals surface area (Å²) in [5.41, 5.74) is 0.989. The number of rotatable bonds is 2. The molecule has 2 aromatic rings. The van der Waals surface area contributed by atoms with Gasteiger partial charge in [-0.25, -0.2) is 12.7 Å². The van der Waals surface area contributed by atoms with E-state index in [2.05, 4.69) is 21.0 Å². The Morgan fingerprint density at radius 1 is 1.00 bits per heavy atom. The molecule has 0 unspecified atom stereocenters. The first kappa shape index (κ1) is 18.8. The van der Waals surface area contributed by atoms with Crippen LogP contribution in [0.3, 0.4) is 0 Å². The molecule has 0 radical (unpaired) electrons. The number of halogens is 1. The summed E-state index contributed by atoms with van der Waals surface area (Å²) in [7, 11) is -3.79. The van der Waals surface area contributed by atoms with Gasteiger partial charge in [0.2, 0.25) is 0 Å². The molecule has 0 spiro atoms. The number of benzene rings is 2. The van der Waals surface area contributed by atoms with E-state index in [0.29, 0.717) is 21.4 Å². The number of piperidine rings is 1. The van der Waals surface area contributed by atoms with Crippen LogP contribution in [0.15, 0.2) is 63.0 Å². The summed E-state index contributed by atoms with van der Waals surface area (Å²) < 4.78 is 28.7. The van der Waals surface area contributed by atoms with Gasteiger partial charge >= 0.3 is 0 Å². The summed E-state index contributed by atoms with van der Waals surface area (Å²) in [6, 6.07) is 13.9. The van der Waals surface area contributed by atoms with Crippen molar-refractivity contribution < 1.29 is 13.2 Å². The van der Waals surface area contributed by atoms with Crippen LogP contribution in [-0.4, -0.2) is 53.8 Å². The summed E-state index contributed by atoms with van der Waals surface area (Å²) in [4.78, 5) is 15.7.